The maximum atomic E-state index is 12.9. The van der Waals surface area contributed by atoms with Gasteiger partial charge in [0.15, 0.2) is 5.13 Å². The molecule has 0 aliphatic carbocycles. The Morgan fingerprint density at radius 3 is 2.73 bits per heavy atom. The number of hydrogen-bond donors (Lipinski definition) is 1. The van der Waals surface area contributed by atoms with Crippen LogP contribution >= 0.6 is 11.3 Å². The second kappa shape index (κ2) is 8.63. The number of amides is 1. The van der Waals surface area contributed by atoms with Gasteiger partial charge in [0, 0.05) is 23.9 Å². The van der Waals surface area contributed by atoms with Crippen LogP contribution in [0.4, 0.5) is 9.52 Å². The van der Waals surface area contributed by atoms with Crippen LogP contribution in [0.2, 0.25) is 0 Å². The second-order valence-electron chi connectivity index (χ2n) is 5.29. The monoisotopic (exact) mass is 320 g/mol. The normalized spacial score (nSPS) is 10.6. The van der Waals surface area contributed by atoms with Gasteiger partial charge in [-0.25, -0.2) is 9.37 Å². The van der Waals surface area contributed by atoms with Gasteiger partial charge in [0.2, 0.25) is 5.91 Å². The van der Waals surface area contributed by atoms with E-state index in [1.165, 1.54) is 36.3 Å². The number of carbonyl (C=O) groups excluding carboxylic acids is 1. The van der Waals surface area contributed by atoms with Crippen LogP contribution in [-0.2, 0) is 11.2 Å². The van der Waals surface area contributed by atoms with Crippen LogP contribution in [0.1, 0.15) is 49.5 Å². The van der Waals surface area contributed by atoms with E-state index in [-0.39, 0.29) is 11.7 Å². The van der Waals surface area contributed by atoms with Crippen LogP contribution in [0, 0.1) is 5.82 Å². The van der Waals surface area contributed by atoms with Crippen LogP contribution < -0.4 is 5.32 Å². The molecule has 0 aliphatic heterocycles. The van der Waals surface area contributed by atoms with E-state index >= 15 is 0 Å². The molecule has 0 unspecified atom stereocenters. The third kappa shape index (κ3) is 5.56. The summed E-state index contributed by atoms with van der Waals surface area (Å²) >= 11 is 1.47. The molecule has 0 bridgehead atoms. The second-order valence-corrected chi connectivity index (χ2v) is 6.41. The number of unbranched alkanes of at least 4 members (excludes halogenated alkanes) is 3. The van der Waals surface area contributed by atoms with Gasteiger partial charge in [0.25, 0.3) is 0 Å². The topological polar surface area (TPSA) is 42.0 Å². The van der Waals surface area contributed by atoms with Crippen molar-refractivity contribution in [3.63, 3.8) is 0 Å². The standard InChI is InChI=1S/C17H21FN2OS/c1-2-3-4-5-6-16(21)20-17-19-12-15(22-17)11-13-7-9-14(18)10-8-13/h7-10,12H,2-6,11H2,1H3,(H,19,20,21). The molecule has 0 atom stereocenters. The summed E-state index contributed by atoms with van der Waals surface area (Å²) in [5.74, 6) is -0.206. The lowest BCUT2D eigenvalue weighted by atomic mass is 10.1. The molecule has 0 fully saturated rings. The number of anilines is 1. The Kier molecular flexibility index (Phi) is 6.52. The van der Waals surface area contributed by atoms with Crippen molar-refractivity contribution < 1.29 is 9.18 Å². The summed E-state index contributed by atoms with van der Waals surface area (Å²) in [6.45, 7) is 2.15. The highest BCUT2D eigenvalue weighted by atomic mass is 32.1. The smallest absolute Gasteiger partial charge is 0.226 e. The fourth-order valence-electron chi connectivity index (χ4n) is 2.14. The van der Waals surface area contributed by atoms with Crippen molar-refractivity contribution in [1.82, 2.24) is 4.98 Å². The van der Waals surface area contributed by atoms with Gasteiger partial charge in [-0.3, -0.25) is 4.79 Å². The van der Waals surface area contributed by atoms with E-state index in [1.807, 2.05) is 0 Å². The summed E-state index contributed by atoms with van der Waals surface area (Å²) in [4.78, 5) is 17.1. The third-order valence-electron chi connectivity index (χ3n) is 3.35. The molecule has 1 heterocycles. The van der Waals surface area contributed by atoms with Gasteiger partial charge in [-0.15, -0.1) is 11.3 Å². The number of thiazole rings is 1. The quantitative estimate of drug-likeness (QED) is 0.711. The number of nitrogens with zero attached hydrogens (tertiary/aromatic N) is 1. The van der Waals surface area contributed by atoms with Gasteiger partial charge in [0.1, 0.15) is 5.82 Å². The molecular formula is C17H21FN2OS. The first-order valence-electron chi connectivity index (χ1n) is 7.66. The Balaban J connectivity index is 1.80. The number of carbonyl (C=O) groups is 1. The lowest BCUT2D eigenvalue weighted by molar-refractivity contribution is -0.116. The summed E-state index contributed by atoms with van der Waals surface area (Å²) in [5, 5.41) is 3.48. The minimum Gasteiger partial charge on any atom is -0.302 e. The van der Waals surface area contributed by atoms with Gasteiger partial charge in [0.05, 0.1) is 0 Å². The number of halogens is 1. The third-order valence-corrected chi connectivity index (χ3v) is 4.26. The summed E-state index contributed by atoms with van der Waals surface area (Å²) < 4.78 is 12.9. The Morgan fingerprint density at radius 1 is 1.23 bits per heavy atom. The number of hydrogen-bond acceptors (Lipinski definition) is 3. The predicted molar refractivity (Wildman–Crippen MR) is 88.7 cm³/mol. The number of aromatic nitrogens is 1. The van der Waals surface area contributed by atoms with Crippen LogP contribution in [-0.4, -0.2) is 10.9 Å². The van der Waals surface area contributed by atoms with Crippen LogP contribution in [0.5, 0.6) is 0 Å². The molecule has 1 amide bonds. The van der Waals surface area contributed by atoms with Gasteiger partial charge in [-0.2, -0.15) is 0 Å². The highest BCUT2D eigenvalue weighted by Crippen LogP contribution is 2.21. The molecule has 5 heteroatoms. The Labute approximate surface area is 134 Å². The molecule has 0 radical (unpaired) electrons. The minimum absolute atomic E-state index is 0.0267. The van der Waals surface area contributed by atoms with Crippen molar-refractivity contribution in [2.24, 2.45) is 0 Å². The van der Waals surface area contributed by atoms with Crippen molar-refractivity contribution in [2.45, 2.75) is 45.4 Å². The van der Waals surface area contributed by atoms with E-state index in [0.29, 0.717) is 18.0 Å². The Bertz CT molecular complexity index is 595. The zero-order valence-electron chi connectivity index (χ0n) is 12.8. The highest BCUT2D eigenvalue weighted by Gasteiger charge is 2.07. The molecule has 0 spiro atoms. The van der Waals surface area contributed by atoms with Gasteiger partial charge in [-0.1, -0.05) is 38.3 Å². The number of rotatable bonds is 8. The maximum Gasteiger partial charge on any atom is 0.226 e. The minimum atomic E-state index is -0.232. The van der Waals surface area contributed by atoms with Crippen molar-refractivity contribution in [2.75, 3.05) is 5.32 Å². The molecule has 0 saturated heterocycles. The summed E-state index contributed by atoms with van der Waals surface area (Å²) in [6.07, 6.45) is 7.37. The van der Waals surface area contributed by atoms with Crippen molar-refractivity contribution in [3.8, 4) is 0 Å². The highest BCUT2D eigenvalue weighted by molar-refractivity contribution is 7.15. The molecule has 1 N–H and O–H groups in total. The molecule has 3 nitrogen and oxygen atoms in total. The first-order valence-corrected chi connectivity index (χ1v) is 8.48. The summed E-state index contributed by atoms with van der Waals surface area (Å²) in [5.41, 5.74) is 1.03. The Hall–Kier alpha value is -1.75. The zero-order chi connectivity index (χ0) is 15.8. The van der Waals surface area contributed by atoms with E-state index in [9.17, 15) is 9.18 Å². The molecule has 1 aromatic heterocycles. The number of nitrogens with one attached hydrogen (secondary N) is 1. The molecule has 1 aromatic carbocycles. The van der Waals surface area contributed by atoms with Crippen LogP contribution in [0.3, 0.4) is 0 Å². The maximum absolute atomic E-state index is 12.9. The molecule has 118 valence electrons. The fourth-order valence-corrected chi connectivity index (χ4v) is 3.01. The summed E-state index contributed by atoms with van der Waals surface area (Å²) in [7, 11) is 0. The molecule has 2 aromatic rings. The molecular weight excluding hydrogens is 299 g/mol. The Morgan fingerprint density at radius 2 is 2.00 bits per heavy atom. The molecule has 0 saturated carbocycles. The van der Waals surface area contributed by atoms with E-state index in [2.05, 4.69) is 17.2 Å². The zero-order valence-corrected chi connectivity index (χ0v) is 13.6. The molecule has 22 heavy (non-hydrogen) atoms. The van der Waals surface area contributed by atoms with E-state index in [0.717, 1.165) is 23.3 Å². The predicted octanol–water partition coefficient (Wildman–Crippen LogP) is 4.78. The van der Waals surface area contributed by atoms with Gasteiger partial charge in [-0.05, 0) is 24.1 Å². The lowest BCUT2D eigenvalue weighted by Crippen LogP contribution is -2.10. The van der Waals surface area contributed by atoms with E-state index in [1.54, 1.807) is 18.3 Å². The molecule has 0 aliphatic rings. The fraction of sp³-hybridized carbons (Fsp3) is 0.412. The lowest BCUT2D eigenvalue weighted by Gasteiger charge is -2.01. The molecule has 2 rings (SSSR count). The first-order chi connectivity index (χ1) is 10.7. The average molecular weight is 320 g/mol. The van der Waals surface area contributed by atoms with E-state index < -0.39 is 0 Å². The van der Waals surface area contributed by atoms with Gasteiger partial charge >= 0.3 is 0 Å². The largest absolute Gasteiger partial charge is 0.302 e. The van der Waals surface area contributed by atoms with Crippen molar-refractivity contribution >= 4 is 22.4 Å². The number of benzene rings is 1. The van der Waals surface area contributed by atoms with Crippen molar-refractivity contribution in [3.05, 3.63) is 46.7 Å². The van der Waals surface area contributed by atoms with Crippen LogP contribution in [0.15, 0.2) is 30.5 Å². The first kappa shape index (κ1) is 16.6. The van der Waals surface area contributed by atoms with Crippen molar-refractivity contribution in [1.29, 1.82) is 0 Å². The summed E-state index contributed by atoms with van der Waals surface area (Å²) in [6, 6.07) is 6.44. The average Bonchev–Trinajstić information content (AvgIpc) is 2.93. The SMILES string of the molecule is CCCCCCC(=O)Nc1ncc(Cc2ccc(F)cc2)s1. The van der Waals surface area contributed by atoms with Crippen LogP contribution in [0.25, 0.3) is 0 Å². The van der Waals surface area contributed by atoms with Gasteiger partial charge < -0.3 is 5.32 Å². The van der Waals surface area contributed by atoms with E-state index in [4.69, 9.17) is 0 Å².